The molecule has 4 heteroatoms. The van der Waals surface area contributed by atoms with Crippen LogP contribution in [0.4, 0.5) is 0 Å². The maximum Gasteiger partial charge on any atom is 0.234 e. The lowest BCUT2D eigenvalue weighted by molar-refractivity contribution is -0.120. The largest absolute Gasteiger partial charge is 0.494 e. The third-order valence-corrected chi connectivity index (χ3v) is 2.09. The Balaban J connectivity index is 2.55. The highest BCUT2D eigenvalue weighted by atomic mass is 16.5. The van der Waals surface area contributed by atoms with Crippen molar-refractivity contribution in [3.8, 4) is 5.75 Å². The first kappa shape index (κ1) is 12.5. The molecule has 88 valence electrons. The quantitative estimate of drug-likeness (QED) is 0.752. The zero-order valence-corrected chi connectivity index (χ0v) is 9.75. The first-order chi connectivity index (χ1) is 7.77. The van der Waals surface area contributed by atoms with Crippen LogP contribution in [0.3, 0.4) is 0 Å². The topological polar surface area (TPSA) is 50.4 Å². The molecular weight excluding hydrogens is 204 g/mol. The fraction of sp³-hybridized carbons (Fsp3) is 0.417. The summed E-state index contributed by atoms with van der Waals surface area (Å²) in [4.78, 5) is 11.3. The molecule has 1 aromatic carbocycles. The molecule has 0 saturated carbocycles. The minimum absolute atomic E-state index is 0.0196. The van der Waals surface area contributed by atoms with Crippen molar-refractivity contribution in [2.45, 2.75) is 13.5 Å². The molecule has 0 aliphatic heterocycles. The zero-order chi connectivity index (χ0) is 11.8. The van der Waals surface area contributed by atoms with Gasteiger partial charge in [-0.25, -0.2) is 0 Å². The summed E-state index contributed by atoms with van der Waals surface area (Å²) in [5.41, 5.74) is 0.994. The van der Waals surface area contributed by atoms with E-state index in [9.17, 15) is 4.79 Å². The molecule has 0 bridgehead atoms. The molecule has 0 aliphatic rings. The van der Waals surface area contributed by atoms with Gasteiger partial charge in [0.1, 0.15) is 5.75 Å². The molecule has 0 spiro atoms. The lowest BCUT2D eigenvalue weighted by Crippen LogP contribution is -2.31. The summed E-state index contributed by atoms with van der Waals surface area (Å²) in [6, 6.07) is 7.71. The molecule has 1 aromatic rings. The Bertz CT molecular complexity index is 340. The number of carbonyl (C=O) groups excluding carboxylic acids is 1. The highest BCUT2D eigenvalue weighted by molar-refractivity contribution is 5.77. The Labute approximate surface area is 96.0 Å². The van der Waals surface area contributed by atoms with E-state index in [4.69, 9.17) is 4.74 Å². The summed E-state index contributed by atoms with van der Waals surface area (Å²) in [6.45, 7) is 3.39. The van der Waals surface area contributed by atoms with Crippen LogP contribution in [0.2, 0.25) is 0 Å². The second kappa shape index (κ2) is 6.85. The van der Waals surface area contributed by atoms with E-state index in [0.717, 1.165) is 11.3 Å². The van der Waals surface area contributed by atoms with Crippen molar-refractivity contribution in [3.63, 3.8) is 0 Å². The first-order valence-electron chi connectivity index (χ1n) is 5.40. The van der Waals surface area contributed by atoms with Gasteiger partial charge in [0.05, 0.1) is 13.2 Å². The van der Waals surface area contributed by atoms with E-state index in [0.29, 0.717) is 19.7 Å². The van der Waals surface area contributed by atoms with Crippen molar-refractivity contribution in [2.24, 2.45) is 0 Å². The van der Waals surface area contributed by atoms with E-state index in [-0.39, 0.29) is 5.91 Å². The standard InChI is InChI=1S/C12H18N2O2/c1-3-16-11-7-5-4-6-10(11)8-14-12(15)9-13-2/h4-7,13H,3,8-9H2,1-2H3,(H,14,15). The van der Waals surface area contributed by atoms with Crippen molar-refractivity contribution < 1.29 is 9.53 Å². The minimum Gasteiger partial charge on any atom is -0.494 e. The molecular formula is C12H18N2O2. The Kier molecular flexibility index (Phi) is 5.36. The molecule has 2 N–H and O–H groups in total. The lowest BCUT2D eigenvalue weighted by atomic mass is 10.2. The van der Waals surface area contributed by atoms with Gasteiger partial charge < -0.3 is 15.4 Å². The van der Waals surface area contributed by atoms with Gasteiger partial charge in [0.15, 0.2) is 0 Å². The summed E-state index contributed by atoms with van der Waals surface area (Å²) in [7, 11) is 1.74. The van der Waals surface area contributed by atoms with Crippen LogP contribution < -0.4 is 15.4 Å². The van der Waals surface area contributed by atoms with Crippen LogP contribution in [0.25, 0.3) is 0 Å². The molecule has 0 fully saturated rings. The molecule has 0 radical (unpaired) electrons. The smallest absolute Gasteiger partial charge is 0.234 e. The predicted molar refractivity (Wildman–Crippen MR) is 63.4 cm³/mol. The first-order valence-corrected chi connectivity index (χ1v) is 5.40. The highest BCUT2D eigenvalue weighted by Crippen LogP contribution is 2.17. The highest BCUT2D eigenvalue weighted by Gasteiger charge is 2.04. The zero-order valence-electron chi connectivity index (χ0n) is 9.75. The third-order valence-electron chi connectivity index (χ3n) is 2.09. The van der Waals surface area contributed by atoms with Gasteiger partial charge in [-0.3, -0.25) is 4.79 Å². The number of nitrogens with one attached hydrogen (secondary N) is 2. The molecule has 0 aliphatic carbocycles. The van der Waals surface area contributed by atoms with Gasteiger partial charge in [-0.1, -0.05) is 18.2 Å². The number of carbonyl (C=O) groups is 1. The monoisotopic (exact) mass is 222 g/mol. The van der Waals surface area contributed by atoms with Gasteiger partial charge in [0.25, 0.3) is 0 Å². The number of benzene rings is 1. The number of para-hydroxylation sites is 1. The van der Waals surface area contributed by atoms with Crippen molar-refractivity contribution in [1.82, 2.24) is 10.6 Å². The fourth-order valence-corrected chi connectivity index (χ4v) is 1.36. The number of hydrogen-bond acceptors (Lipinski definition) is 3. The second-order valence-corrected chi connectivity index (χ2v) is 3.35. The Morgan fingerprint density at radius 3 is 2.81 bits per heavy atom. The van der Waals surface area contributed by atoms with E-state index in [1.807, 2.05) is 31.2 Å². The van der Waals surface area contributed by atoms with E-state index in [1.54, 1.807) is 7.05 Å². The van der Waals surface area contributed by atoms with Crippen molar-refractivity contribution in [2.75, 3.05) is 20.2 Å². The SMILES string of the molecule is CCOc1ccccc1CNC(=O)CNC. The minimum atomic E-state index is -0.0196. The Hall–Kier alpha value is -1.55. The predicted octanol–water partition coefficient (Wildman–Crippen LogP) is 0.921. The number of hydrogen-bond donors (Lipinski definition) is 2. The summed E-state index contributed by atoms with van der Waals surface area (Å²) in [6.07, 6.45) is 0. The lowest BCUT2D eigenvalue weighted by Gasteiger charge is -2.10. The van der Waals surface area contributed by atoms with Crippen LogP contribution in [0, 0.1) is 0 Å². The van der Waals surface area contributed by atoms with Crippen molar-refractivity contribution in [3.05, 3.63) is 29.8 Å². The average Bonchev–Trinajstić information content (AvgIpc) is 2.29. The van der Waals surface area contributed by atoms with Gasteiger partial charge in [0.2, 0.25) is 5.91 Å². The van der Waals surface area contributed by atoms with Crippen LogP contribution in [0.1, 0.15) is 12.5 Å². The fourth-order valence-electron chi connectivity index (χ4n) is 1.36. The molecule has 16 heavy (non-hydrogen) atoms. The van der Waals surface area contributed by atoms with Crippen LogP contribution in [0.5, 0.6) is 5.75 Å². The van der Waals surface area contributed by atoms with Gasteiger partial charge in [-0.2, -0.15) is 0 Å². The third kappa shape index (κ3) is 3.90. The molecule has 0 unspecified atom stereocenters. The molecule has 0 aromatic heterocycles. The number of amides is 1. The van der Waals surface area contributed by atoms with Gasteiger partial charge in [0, 0.05) is 12.1 Å². The number of likely N-dealkylation sites (N-methyl/N-ethyl adjacent to an activating group) is 1. The van der Waals surface area contributed by atoms with E-state index < -0.39 is 0 Å². The summed E-state index contributed by atoms with van der Waals surface area (Å²) in [5.74, 6) is 0.809. The van der Waals surface area contributed by atoms with Crippen LogP contribution >= 0.6 is 0 Å². The maximum absolute atomic E-state index is 11.3. The van der Waals surface area contributed by atoms with Gasteiger partial charge in [-0.05, 0) is 20.0 Å². The number of rotatable bonds is 6. The summed E-state index contributed by atoms with van der Waals surface area (Å²) < 4.78 is 5.46. The average molecular weight is 222 g/mol. The molecule has 0 atom stereocenters. The van der Waals surface area contributed by atoms with E-state index in [1.165, 1.54) is 0 Å². The Morgan fingerprint density at radius 1 is 1.38 bits per heavy atom. The molecule has 1 amide bonds. The molecule has 4 nitrogen and oxygen atoms in total. The van der Waals surface area contributed by atoms with E-state index in [2.05, 4.69) is 10.6 Å². The maximum atomic E-state index is 11.3. The van der Waals surface area contributed by atoms with Crippen molar-refractivity contribution in [1.29, 1.82) is 0 Å². The van der Waals surface area contributed by atoms with Crippen LogP contribution in [-0.2, 0) is 11.3 Å². The van der Waals surface area contributed by atoms with Crippen LogP contribution in [0.15, 0.2) is 24.3 Å². The summed E-state index contributed by atoms with van der Waals surface area (Å²) >= 11 is 0. The molecule has 0 heterocycles. The van der Waals surface area contributed by atoms with Gasteiger partial charge >= 0.3 is 0 Å². The van der Waals surface area contributed by atoms with Crippen LogP contribution in [-0.4, -0.2) is 26.1 Å². The second-order valence-electron chi connectivity index (χ2n) is 3.35. The molecule has 0 saturated heterocycles. The van der Waals surface area contributed by atoms with Gasteiger partial charge in [-0.15, -0.1) is 0 Å². The van der Waals surface area contributed by atoms with Crippen molar-refractivity contribution >= 4 is 5.91 Å². The molecule has 1 rings (SSSR count). The normalized spacial score (nSPS) is 9.88. The number of ether oxygens (including phenoxy) is 1. The Morgan fingerprint density at radius 2 is 2.12 bits per heavy atom. The van der Waals surface area contributed by atoms with E-state index >= 15 is 0 Å². The summed E-state index contributed by atoms with van der Waals surface area (Å²) in [5, 5.41) is 5.62.